The number of nitrogens with zero attached hydrogens (tertiary/aromatic N) is 3. The van der Waals surface area contributed by atoms with Crippen LogP contribution in [0.2, 0.25) is 5.02 Å². The smallest absolute Gasteiger partial charge is 0.263 e. The average Bonchev–Trinajstić information content (AvgIpc) is 3.32. The lowest BCUT2D eigenvalue weighted by Crippen LogP contribution is -2.54. The molecule has 2 amide bonds. The van der Waals surface area contributed by atoms with Gasteiger partial charge in [0.05, 0.1) is 4.90 Å². The van der Waals surface area contributed by atoms with Crippen molar-refractivity contribution in [3.8, 4) is 5.75 Å². The van der Waals surface area contributed by atoms with Crippen LogP contribution in [-0.4, -0.2) is 55.9 Å². The second kappa shape index (κ2) is 10.2. The van der Waals surface area contributed by atoms with Gasteiger partial charge in [-0.15, -0.1) is 11.3 Å². The molecule has 0 bridgehead atoms. The first-order valence-electron chi connectivity index (χ1n) is 10.7. The summed E-state index contributed by atoms with van der Waals surface area (Å²) in [5.41, 5.74) is 1.36. The highest BCUT2D eigenvalue weighted by atomic mass is 35.5. The molecule has 9 nitrogen and oxygen atoms in total. The van der Waals surface area contributed by atoms with E-state index in [4.69, 9.17) is 16.3 Å². The molecule has 1 atom stereocenters. The maximum absolute atomic E-state index is 12.9. The zero-order valence-corrected chi connectivity index (χ0v) is 21.4. The average molecular weight is 539 g/mol. The summed E-state index contributed by atoms with van der Waals surface area (Å²) >= 11 is 7.15. The molecular formula is C23H27ClN4O5S2. The molecule has 2 aromatic carbocycles. The first-order valence-corrected chi connectivity index (χ1v) is 13.4. The molecule has 1 fully saturated rings. The van der Waals surface area contributed by atoms with Gasteiger partial charge in [-0.05, 0) is 61.9 Å². The number of anilines is 2. The van der Waals surface area contributed by atoms with Crippen LogP contribution in [0.3, 0.4) is 0 Å². The third-order valence-electron chi connectivity index (χ3n) is 5.43. The molecule has 1 aromatic heterocycles. The van der Waals surface area contributed by atoms with Gasteiger partial charge in [-0.2, -0.15) is 0 Å². The number of thiazole rings is 1. The largest absolute Gasteiger partial charge is 0.481 e. The minimum atomic E-state index is -3.78. The zero-order chi connectivity index (χ0) is 25.2. The fourth-order valence-corrected chi connectivity index (χ4v) is 5.65. The van der Waals surface area contributed by atoms with Gasteiger partial charge in [0.1, 0.15) is 12.3 Å². The molecule has 1 aliphatic rings. The number of benzene rings is 2. The van der Waals surface area contributed by atoms with Crippen LogP contribution in [0.15, 0.2) is 58.9 Å². The molecule has 188 valence electrons. The highest BCUT2D eigenvalue weighted by molar-refractivity contribution is 7.93. The molecule has 12 heteroatoms. The van der Waals surface area contributed by atoms with Crippen molar-refractivity contribution >= 4 is 55.6 Å². The number of carbonyl (C=O) groups is 2. The summed E-state index contributed by atoms with van der Waals surface area (Å²) in [6.45, 7) is 3.99. The van der Waals surface area contributed by atoms with E-state index in [0.717, 1.165) is 5.56 Å². The molecule has 1 saturated heterocycles. The fourth-order valence-electron chi connectivity index (χ4n) is 3.63. The Bertz CT molecular complexity index is 1340. The first kappa shape index (κ1) is 25.0. The van der Waals surface area contributed by atoms with Crippen molar-refractivity contribution in [2.24, 2.45) is 0 Å². The molecule has 1 aliphatic heterocycles. The normalized spacial score (nSPS) is 15.1. The second-order valence-corrected chi connectivity index (χ2v) is 10.9. The first-order chi connectivity index (χ1) is 16.6. The number of hydrogen-bond acceptors (Lipinski definition) is 7. The summed E-state index contributed by atoms with van der Waals surface area (Å²) in [6.07, 6.45) is 0.733. The van der Waals surface area contributed by atoms with E-state index in [1.807, 2.05) is 6.92 Å². The Morgan fingerprint density at radius 2 is 1.97 bits per heavy atom. The van der Waals surface area contributed by atoms with E-state index in [9.17, 15) is 18.0 Å². The molecule has 0 aliphatic carbocycles. The van der Waals surface area contributed by atoms with E-state index in [2.05, 4.69) is 9.71 Å². The second-order valence-electron chi connectivity index (χ2n) is 7.91. The Hall–Kier alpha value is -3.15. The van der Waals surface area contributed by atoms with E-state index in [-0.39, 0.29) is 37.8 Å². The van der Waals surface area contributed by atoms with Crippen molar-refractivity contribution in [2.75, 3.05) is 29.3 Å². The van der Waals surface area contributed by atoms with Gasteiger partial charge in [-0.1, -0.05) is 11.6 Å². The molecule has 3 aromatic rings. The van der Waals surface area contributed by atoms with Crippen molar-refractivity contribution in [3.05, 3.63) is 64.6 Å². The Labute approximate surface area is 215 Å². The van der Waals surface area contributed by atoms with Crippen LogP contribution in [0.4, 0.5) is 10.8 Å². The number of aryl methyl sites for hydroxylation is 1. The lowest BCUT2D eigenvalue weighted by molar-refractivity contribution is -0.142. The number of amides is 2. The van der Waals surface area contributed by atoms with Gasteiger partial charge in [0.25, 0.3) is 15.9 Å². The number of rotatable bonds is 7. The topological polar surface area (TPSA) is 109 Å². The van der Waals surface area contributed by atoms with Crippen molar-refractivity contribution in [2.45, 2.75) is 24.8 Å². The standard InChI is InChI=1S/C23H23ClN4O5S2.2H2/c1-15-13-17(24)3-8-20(15)33-16(2)22(30)27-10-11-28(21(29)14-27)18-4-6-19(7-5-18)35(31,32)26-23-25-9-12-34-23;;/h3-9,12-13,16H,10-11,14H2,1-2H3,(H,25,26);2*1H/t16-;;/m1../s1. The van der Waals surface area contributed by atoms with Crippen LogP contribution >= 0.6 is 22.9 Å². The van der Waals surface area contributed by atoms with E-state index in [1.54, 1.807) is 42.6 Å². The molecule has 0 unspecified atom stereocenters. The van der Waals surface area contributed by atoms with Crippen molar-refractivity contribution in [3.63, 3.8) is 0 Å². The number of sulfonamides is 1. The summed E-state index contributed by atoms with van der Waals surface area (Å²) in [7, 11) is -3.78. The quantitative estimate of drug-likeness (QED) is 0.486. The summed E-state index contributed by atoms with van der Waals surface area (Å²) in [6, 6.07) is 11.2. The number of nitrogens with one attached hydrogen (secondary N) is 1. The number of piperazine rings is 1. The van der Waals surface area contributed by atoms with Gasteiger partial charge >= 0.3 is 0 Å². The van der Waals surface area contributed by atoms with E-state index < -0.39 is 16.1 Å². The molecule has 4 rings (SSSR count). The van der Waals surface area contributed by atoms with Gasteiger partial charge < -0.3 is 14.5 Å². The third-order valence-corrected chi connectivity index (χ3v) is 7.84. The predicted molar refractivity (Wildman–Crippen MR) is 139 cm³/mol. The van der Waals surface area contributed by atoms with Gasteiger partial charge in [0.2, 0.25) is 5.91 Å². The maximum atomic E-state index is 12.9. The SMILES string of the molecule is Cc1cc(Cl)ccc1O[C@H](C)C(=O)N1CCN(c2ccc(S(=O)(=O)Nc3nccs3)cc2)C(=O)C1.[HH].[HH]. The van der Waals surface area contributed by atoms with Gasteiger partial charge in [0, 0.05) is 38.2 Å². The van der Waals surface area contributed by atoms with E-state index in [0.29, 0.717) is 23.0 Å². The van der Waals surface area contributed by atoms with E-state index >= 15 is 0 Å². The van der Waals surface area contributed by atoms with Crippen LogP contribution < -0.4 is 14.4 Å². The van der Waals surface area contributed by atoms with Crippen molar-refractivity contribution in [1.82, 2.24) is 9.88 Å². The van der Waals surface area contributed by atoms with Gasteiger partial charge in [0.15, 0.2) is 11.2 Å². The lowest BCUT2D eigenvalue weighted by atomic mass is 10.2. The van der Waals surface area contributed by atoms with Gasteiger partial charge in [-0.3, -0.25) is 14.3 Å². The summed E-state index contributed by atoms with van der Waals surface area (Å²) in [5.74, 6) is -0.00218. The highest BCUT2D eigenvalue weighted by Gasteiger charge is 2.31. The molecular weight excluding hydrogens is 512 g/mol. The predicted octanol–water partition coefficient (Wildman–Crippen LogP) is 4.04. The monoisotopic (exact) mass is 538 g/mol. The number of aromatic nitrogens is 1. The lowest BCUT2D eigenvalue weighted by Gasteiger charge is -2.35. The Morgan fingerprint density at radius 3 is 2.60 bits per heavy atom. The Balaban J connectivity index is 0.00000241. The summed E-state index contributed by atoms with van der Waals surface area (Å²) in [4.78, 5) is 32.7. The van der Waals surface area contributed by atoms with Crippen molar-refractivity contribution in [1.29, 1.82) is 0 Å². The maximum Gasteiger partial charge on any atom is 0.263 e. The van der Waals surface area contributed by atoms with Crippen LogP contribution in [0, 0.1) is 6.92 Å². The number of halogens is 1. The third kappa shape index (κ3) is 5.75. The minimum absolute atomic E-state index is 0. The highest BCUT2D eigenvalue weighted by Crippen LogP contribution is 2.25. The molecule has 1 N–H and O–H groups in total. The van der Waals surface area contributed by atoms with Crippen LogP contribution in [0.1, 0.15) is 15.3 Å². The molecule has 0 spiro atoms. The van der Waals surface area contributed by atoms with Crippen molar-refractivity contribution < 1.29 is 25.6 Å². The number of carbonyl (C=O) groups excluding carboxylic acids is 2. The summed E-state index contributed by atoms with van der Waals surface area (Å²) in [5, 5.41) is 2.52. The Kier molecular flexibility index (Phi) is 7.29. The number of ether oxygens (including phenoxy) is 1. The van der Waals surface area contributed by atoms with Crippen LogP contribution in [0.25, 0.3) is 0 Å². The van der Waals surface area contributed by atoms with Crippen LogP contribution in [0.5, 0.6) is 5.75 Å². The zero-order valence-electron chi connectivity index (χ0n) is 19.0. The number of hydrogen-bond donors (Lipinski definition) is 1. The molecule has 2 heterocycles. The minimum Gasteiger partial charge on any atom is -0.481 e. The van der Waals surface area contributed by atoms with E-state index in [1.165, 1.54) is 39.5 Å². The Morgan fingerprint density at radius 1 is 1.23 bits per heavy atom. The van der Waals surface area contributed by atoms with Crippen LogP contribution in [-0.2, 0) is 19.6 Å². The molecule has 0 radical (unpaired) electrons. The summed E-state index contributed by atoms with van der Waals surface area (Å²) < 4.78 is 33.2. The molecule has 35 heavy (non-hydrogen) atoms. The molecule has 0 saturated carbocycles. The van der Waals surface area contributed by atoms with Gasteiger partial charge in [-0.25, -0.2) is 13.4 Å². The fraction of sp³-hybridized carbons (Fsp3) is 0.261.